The minimum Gasteiger partial charge on any atom is -0.208 e. The number of sulfonamides is 1. The van der Waals surface area contributed by atoms with Gasteiger partial charge in [-0.05, 0) is 48.3 Å². The van der Waals surface area contributed by atoms with E-state index in [2.05, 4.69) is 32.4 Å². The molecule has 1 fully saturated rings. The Hall–Kier alpha value is -0.870. The molecule has 22 heavy (non-hydrogen) atoms. The van der Waals surface area contributed by atoms with Gasteiger partial charge in [-0.25, -0.2) is 13.1 Å². The average molecular weight is 324 g/mol. The predicted molar refractivity (Wildman–Crippen MR) is 91.3 cm³/mol. The third-order valence-corrected chi connectivity index (χ3v) is 6.40. The minimum atomic E-state index is -3.41. The van der Waals surface area contributed by atoms with Crippen molar-refractivity contribution in [2.24, 2.45) is 17.8 Å². The van der Waals surface area contributed by atoms with Crippen molar-refractivity contribution < 1.29 is 8.42 Å². The van der Waals surface area contributed by atoms with Crippen molar-refractivity contribution in [1.29, 1.82) is 0 Å². The summed E-state index contributed by atoms with van der Waals surface area (Å²) in [5.41, 5.74) is 1.19. The molecule has 1 aromatic rings. The van der Waals surface area contributed by atoms with Crippen molar-refractivity contribution in [1.82, 2.24) is 4.72 Å². The third kappa shape index (κ3) is 4.32. The molecular formula is C18H29NO2S. The highest BCUT2D eigenvalue weighted by Crippen LogP contribution is 2.30. The van der Waals surface area contributed by atoms with Gasteiger partial charge in [-0.2, -0.15) is 0 Å². The molecule has 0 aromatic heterocycles. The second kappa shape index (κ2) is 7.14. The fraction of sp³-hybridized carbons (Fsp3) is 0.667. The molecule has 4 heteroatoms. The van der Waals surface area contributed by atoms with Crippen LogP contribution in [0.1, 0.15) is 52.5 Å². The summed E-state index contributed by atoms with van der Waals surface area (Å²) in [7, 11) is -3.41. The zero-order chi connectivity index (χ0) is 16.3. The van der Waals surface area contributed by atoms with Crippen LogP contribution in [0, 0.1) is 17.8 Å². The van der Waals surface area contributed by atoms with Crippen molar-refractivity contribution in [2.75, 3.05) is 0 Å². The first kappa shape index (κ1) is 17.5. The largest absolute Gasteiger partial charge is 0.240 e. The van der Waals surface area contributed by atoms with Gasteiger partial charge in [-0.1, -0.05) is 52.7 Å². The standard InChI is InChI=1S/C18H29NO2S/c1-13(2)12-16-8-10-17(11-9-16)22(20,21)19-18-7-5-6-14(3)15(18)4/h8-11,13-15,18-19H,5-7,12H2,1-4H3/t14-,15-,18+/m0/s1. The molecule has 1 aliphatic rings. The molecule has 0 amide bonds. The molecule has 0 spiro atoms. The van der Waals surface area contributed by atoms with Crippen LogP contribution in [0.4, 0.5) is 0 Å². The van der Waals surface area contributed by atoms with E-state index >= 15 is 0 Å². The zero-order valence-corrected chi connectivity index (χ0v) is 15.0. The van der Waals surface area contributed by atoms with E-state index < -0.39 is 10.0 Å². The molecule has 0 saturated heterocycles. The maximum atomic E-state index is 12.6. The molecular weight excluding hydrogens is 294 g/mol. The van der Waals surface area contributed by atoms with E-state index in [0.717, 1.165) is 19.3 Å². The maximum absolute atomic E-state index is 12.6. The molecule has 124 valence electrons. The van der Waals surface area contributed by atoms with Gasteiger partial charge in [0.2, 0.25) is 10.0 Å². The van der Waals surface area contributed by atoms with Crippen LogP contribution < -0.4 is 4.72 Å². The smallest absolute Gasteiger partial charge is 0.208 e. The fourth-order valence-electron chi connectivity index (χ4n) is 3.29. The molecule has 0 radical (unpaired) electrons. The van der Waals surface area contributed by atoms with Crippen molar-refractivity contribution >= 4 is 10.0 Å². The van der Waals surface area contributed by atoms with Gasteiger partial charge in [0.05, 0.1) is 4.90 Å². The lowest BCUT2D eigenvalue weighted by molar-refractivity contribution is 0.227. The molecule has 0 unspecified atom stereocenters. The summed E-state index contributed by atoms with van der Waals surface area (Å²) < 4.78 is 28.1. The average Bonchev–Trinajstić information content (AvgIpc) is 2.44. The van der Waals surface area contributed by atoms with Crippen LogP contribution in [0.2, 0.25) is 0 Å². The quantitative estimate of drug-likeness (QED) is 0.890. The van der Waals surface area contributed by atoms with Crippen LogP contribution in [-0.4, -0.2) is 14.5 Å². The van der Waals surface area contributed by atoms with Gasteiger partial charge in [0.1, 0.15) is 0 Å². The number of hydrogen-bond donors (Lipinski definition) is 1. The van der Waals surface area contributed by atoms with E-state index in [9.17, 15) is 8.42 Å². The van der Waals surface area contributed by atoms with Gasteiger partial charge in [-0.3, -0.25) is 0 Å². The maximum Gasteiger partial charge on any atom is 0.240 e. The van der Waals surface area contributed by atoms with Crippen molar-refractivity contribution in [2.45, 2.75) is 64.3 Å². The highest BCUT2D eigenvalue weighted by Gasteiger charge is 2.30. The molecule has 1 saturated carbocycles. The lowest BCUT2D eigenvalue weighted by Gasteiger charge is -2.34. The van der Waals surface area contributed by atoms with Crippen LogP contribution in [0.3, 0.4) is 0 Å². The van der Waals surface area contributed by atoms with E-state index in [-0.39, 0.29) is 6.04 Å². The minimum absolute atomic E-state index is 0.0593. The number of nitrogens with one attached hydrogen (secondary N) is 1. The van der Waals surface area contributed by atoms with Gasteiger partial charge < -0.3 is 0 Å². The summed E-state index contributed by atoms with van der Waals surface area (Å²) in [6.07, 6.45) is 4.22. The number of benzene rings is 1. The Labute approximate surface area is 135 Å². The molecule has 3 atom stereocenters. The van der Waals surface area contributed by atoms with Crippen molar-refractivity contribution in [3.8, 4) is 0 Å². The first-order valence-corrected chi connectivity index (χ1v) is 9.89. The second-order valence-corrected chi connectivity index (χ2v) is 8.95. The Bertz CT molecular complexity index is 578. The molecule has 1 N–H and O–H groups in total. The Morgan fingerprint density at radius 3 is 2.36 bits per heavy atom. The van der Waals surface area contributed by atoms with E-state index in [0.29, 0.717) is 22.6 Å². The van der Waals surface area contributed by atoms with Crippen LogP contribution in [-0.2, 0) is 16.4 Å². The topological polar surface area (TPSA) is 46.2 Å². The highest BCUT2D eigenvalue weighted by atomic mass is 32.2. The molecule has 2 rings (SSSR count). The molecule has 1 aliphatic carbocycles. The Kier molecular flexibility index (Phi) is 5.67. The summed E-state index contributed by atoms with van der Waals surface area (Å²) in [5.74, 6) is 1.55. The summed E-state index contributed by atoms with van der Waals surface area (Å²) in [4.78, 5) is 0.380. The summed E-state index contributed by atoms with van der Waals surface area (Å²) in [6.45, 7) is 8.70. The normalized spacial score (nSPS) is 26.3. The molecule has 1 aromatic carbocycles. The van der Waals surface area contributed by atoms with Crippen LogP contribution in [0.15, 0.2) is 29.2 Å². The number of hydrogen-bond acceptors (Lipinski definition) is 2. The lowest BCUT2D eigenvalue weighted by atomic mass is 9.78. The second-order valence-electron chi connectivity index (χ2n) is 7.24. The number of rotatable bonds is 5. The fourth-order valence-corrected chi connectivity index (χ4v) is 4.65. The van der Waals surface area contributed by atoms with Gasteiger partial charge in [0.25, 0.3) is 0 Å². The van der Waals surface area contributed by atoms with Crippen molar-refractivity contribution in [3.63, 3.8) is 0 Å². The summed E-state index contributed by atoms with van der Waals surface area (Å²) in [5, 5.41) is 0. The SMILES string of the molecule is CC(C)Cc1ccc(S(=O)(=O)N[C@@H]2CCC[C@H](C)[C@@H]2C)cc1. The highest BCUT2D eigenvalue weighted by molar-refractivity contribution is 7.89. The van der Waals surface area contributed by atoms with Gasteiger partial charge in [0.15, 0.2) is 0 Å². The molecule has 3 nitrogen and oxygen atoms in total. The van der Waals surface area contributed by atoms with Gasteiger partial charge in [-0.15, -0.1) is 0 Å². The van der Waals surface area contributed by atoms with E-state index in [1.54, 1.807) is 12.1 Å². The van der Waals surface area contributed by atoms with Crippen molar-refractivity contribution in [3.05, 3.63) is 29.8 Å². The predicted octanol–water partition coefficient (Wildman–Crippen LogP) is 3.99. The lowest BCUT2D eigenvalue weighted by Crippen LogP contribution is -2.43. The Balaban J connectivity index is 2.09. The first-order chi connectivity index (χ1) is 10.3. The molecule has 0 heterocycles. The zero-order valence-electron chi connectivity index (χ0n) is 14.2. The molecule has 0 bridgehead atoms. The van der Waals surface area contributed by atoms with Crippen LogP contribution >= 0.6 is 0 Å². The Morgan fingerprint density at radius 2 is 1.77 bits per heavy atom. The summed E-state index contributed by atoms with van der Waals surface area (Å²) in [6, 6.07) is 7.39. The van der Waals surface area contributed by atoms with Crippen LogP contribution in [0.5, 0.6) is 0 Å². The monoisotopic (exact) mass is 323 g/mol. The van der Waals surface area contributed by atoms with Crippen LogP contribution in [0.25, 0.3) is 0 Å². The third-order valence-electron chi connectivity index (χ3n) is 4.89. The Morgan fingerprint density at radius 1 is 1.14 bits per heavy atom. The van der Waals surface area contributed by atoms with Gasteiger partial charge >= 0.3 is 0 Å². The van der Waals surface area contributed by atoms with Gasteiger partial charge in [0, 0.05) is 6.04 Å². The summed E-state index contributed by atoms with van der Waals surface area (Å²) >= 11 is 0. The van der Waals surface area contributed by atoms with E-state index in [1.807, 2.05) is 12.1 Å². The first-order valence-electron chi connectivity index (χ1n) is 8.41. The molecule has 0 aliphatic heterocycles. The van der Waals surface area contributed by atoms with E-state index in [1.165, 1.54) is 12.0 Å². The van der Waals surface area contributed by atoms with E-state index in [4.69, 9.17) is 0 Å².